The second kappa shape index (κ2) is 7.54. The minimum absolute atomic E-state index is 0.0870. The molecule has 1 aliphatic rings. The smallest absolute Gasteiger partial charge is 0.226 e. The van der Waals surface area contributed by atoms with Gasteiger partial charge in [-0.1, -0.05) is 12.1 Å². The van der Waals surface area contributed by atoms with E-state index in [1.165, 1.54) is 0 Å². The highest BCUT2D eigenvalue weighted by Gasteiger charge is 2.36. The maximum atomic E-state index is 13.3. The summed E-state index contributed by atoms with van der Waals surface area (Å²) in [5.41, 5.74) is 4.02. The lowest BCUT2D eigenvalue weighted by molar-refractivity contribution is -0.116. The van der Waals surface area contributed by atoms with Crippen LogP contribution in [0.25, 0.3) is 5.69 Å². The molecule has 29 heavy (non-hydrogen) atoms. The molecule has 1 N–H and O–H groups in total. The predicted molar refractivity (Wildman–Crippen MR) is 111 cm³/mol. The van der Waals surface area contributed by atoms with Crippen molar-refractivity contribution in [1.29, 1.82) is 0 Å². The van der Waals surface area contributed by atoms with Crippen LogP contribution in [0.2, 0.25) is 0 Å². The average molecular weight is 389 g/mol. The van der Waals surface area contributed by atoms with Crippen LogP contribution >= 0.6 is 0 Å². The Balaban J connectivity index is 1.74. The molecular weight excluding hydrogens is 366 g/mol. The Morgan fingerprint density at radius 3 is 2.66 bits per heavy atom. The van der Waals surface area contributed by atoms with E-state index >= 15 is 0 Å². The molecule has 0 saturated heterocycles. The van der Waals surface area contributed by atoms with Gasteiger partial charge in [0.25, 0.3) is 0 Å². The van der Waals surface area contributed by atoms with Crippen molar-refractivity contribution in [2.75, 3.05) is 11.9 Å². The zero-order valence-electron chi connectivity index (χ0n) is 16.7. The fourth-order valence-corrected chi connectivity index (χ4v) is 3.80. The van der Waals surface area contributed by atoms with Crippen molar-refractivity contribution in [3.63, 3.8) is 0 Å². The molecule has 2 heterocycles. The summed E-state index contributed by atoms with van der Waals surface area (Å²) >= 11 is 0. The Morgan fingerprint density at radius 1 is 1.21 bits per heavy atom. The van der Waals surface area contributed by atoms with Crippen molar-refractivity contribution in [2.45, 2.75) is 33.1 Å². The number of amides is 1. The van der Waals surface area contributed by atoms with E-state index in [2.05, 4.69) is 10.4 Å². The number of nitrogens with one attached hydrogen (secondary N) is 1. The van der Waals surface area contributed by atoms with E-state index in [1.54, 1.807) is 28.9 Å². The Morgan fingerprint density at radius 2 is 1.97 bits per heavy atom. The molecule has 0 saturated carbocycles. The molecule has 0 aliphatic carbocycles. The molecule has 0 spiro atoms. The Labute approximate surface area is 169 Å². The van der Waals surface area contributed by atoms with Gasteiger partial charge in [0.15, 0.2) is 5.78 Å². The van der Waals surface area contributed by atoms with Crippen LogP contribution < -0.4 is 10.1 Å². The highest BCUT2D eigenvalue weighted by molar-refractivity contribution is 6.08. The largest absolute Gasteiger partial charge is 0.494 e. The van der Waals surface area contributed by atoms with Gasteiger partial charge in [0.05, 0.1) is 23.9 Å². The van der Waals surface area contributed by atoms with Crippen molar-refractivity contribution < 1.29 is 14.3 Å². The monoisotopic (exact) mass is 389 g/mol. The molecule has 1 unspecified atom stereocenters. The molecule has 1 amide bonds. The van der Waals surface area contributed by atoms with Crippen LogP contribution in [-0.2, 0) is 4.79 Å². The van der Waals surface area contributed by atoms with Gasteiger partial charge in [0.1, 0.15) is 11.6 Å². The first-order valence-corrected chi connectivity index (χ1v) is 9.71. The quantitative estimate of drug-likeness (QED) is 0.664. The van der Waals surface area contributed by atoms with Crippen LogP contribution in [0.1, 0.15) is 46.4 Å². The van der Waals surface area contributed by atoms with E-state index < -0.39 is 5.92 Å². The number of aryl methyl sites for hydroxylation is 2. The topological polar surface area (TPSA) is 73.2 Å². The van der Waals surface area contributed by atoms with Crippen LogP contribution in [0.5, 0.6) is 5.75 Å². The van der Waals surface area contributed by atoms with Crippen molar-refractivity contribution in [3.8, 4) is 11.4 Å². The molecule has 6 heteroatoms. The average Bonchev–Trinajstić information content (AvgIpc) is 3.04. The number of hydrogen-bond donors (Lipinski definition) is 1. The first kappa shape index (κ1) is 18.9. The second-order valence-corrected chi connectivity index (χ2v) is 7.23. The van der Waals surface area contributed by atoms with Gasteiger partial charge in [-0.05, 0) is 62.7 Å². The molecule has 4 rings (SSSR count). The number of hydrogen-bond acceptors (Lipinski definition) is 4. The van der Waals surface area contributed by atoms with Crippen LogP contribution in [-0.4, -0.2) is 28.1 Å². The number of aromatic nitrogens is 2. The number of fused-ring (bicyclic) bond motifs is 1. The molecular formula is C23H23N3O3. The molecule has 148 valence electrons. The van der Waals surface area contributed by atoms with Gasteiger partial charge in [0, 0.05) is 17.5 Å². The third-order valence-corrected chi connectivity index (χ3v) is 5.12. The molecule has 6 nitrogen and oxygen atoms in total. The maximum absolute atomic E-state index is 13.3. The first-order chi connectivity index (χ1) is 14.0. The van der Waals surface area contributed by atoms with E-state index in [0.717, 1.165) is 28.3 Å². The normalized spacial score (nSPS) is 15.6. The van der Waals surface area contributed by atoms with Gasteiger partial charge in [0.2, 0.25) is 5.91 Å². The summed E-state index contributed by atoms with van der Waals surface area (Å²) in [4.78, 5) is 25.7. The molecule has 1 aromatic heterocycles. The highest BCUT2D eigenvalue weighted by Crippen LogP contribution is 2.38. The van der Waals surface area contributed by atoms with Gasteiger partial charge in [-0.3, -0.25) is 9.59 Å². The Kier molecular flexibility index (Phi) is 4.92. The lowest BCUT2D eigenvalue weighted by Crippen LogP contribution is -2.28. The SMILES string of the molecule is CCOc1ccc(C(=O)C2CC(=O)Nc3c2c(C)nn3-c2cccc(C)c2)cc1. The number of Topliss-reactive ketones (excluding diaryl/α,β-unsaturated/α-hetero) is 1. The Bertz CT molecular complexity index is 1080. The van der Waals surface area contributed by atoms with Crippen LogP contribution in [0, 0.1) is 13.8 Å². The van der Waals surface area contributed by atoms with Gasteiger partial charge >= 0.3 is 0 Å². The summed E-state index contributed by atoms with van der Waals surface area (Å²) in [5, 5.41) is 7.55. The predicted octanol–water partition coefficient (Wildman–Crippen LogP) is 4.20. The first-order valence-electron chi connectivity index (χ1n) is 9.71. The fourth-order valence-electron chi connectivity index (χ4n) is 3.80. The minimum Gasteiger partial charge on any atom is -0.494 e. The third kappa shape index (κ3) is 3.53. The van der Waals surface area contributed by atoms with E-state index in [0.29, 0.717) is 18.0 Å². The lowest BCUT2D eigenvalue weighted by atomic mass is 9.85. The summed E-state index contributed by atoms with van der Waals surface area (Å²) in [6.07, 6.45) is 0.111. The fraction of sp³-hybridized carbons (Fsp3) is 0.261. The van der Waals surface area contributed by atoms with Crippen LogP contribution in [0.3, 0.4) is 0 Å². The number of anilines is 1. The molecule has 1 atom stereocenters. The summed E-state index contributed by atoms with van der Waals surface area (Å²) in [5.74, 6) is 0.463. The number of nitrogens with zero attached hydrogens (tertiary/aromatic N) is 2. The Hall–Kier alpha value is -3.41. The van der Waals surface area contributed by atoms with E-state index in [4.69, 9.17) is 4.74 Å². The zero-order valence-corrected chi connectivity index (χ0v) is 16.7. The van der Waals surface area contributed by atoms with E-state index in [9.17, 15) is 9.59 Å². The minimum atomic E-state index is -0.560. The van der Waals surface area contributed by atoms with Gasteiger partial charge in [-0.15, -0.1) is 0 Å². The second-order valence-electron chi connectivity index (χ2n) is 7.23. The molecule has 0 bridgehead atoms. The van der Waals surface area contributed by atoms with Gasteiger partial charge in [-0.2, -0.15) is 5.10 Å². The van der Waals surface area contributed by atoms with Crippen molar-refractivity contribution in [2.24, 2.45) is 0 Å². The zero-order chi connectivity index (χ0) is 20.5. The summed E-state index contributed by atoms with van der Waals surface area (Å²) in [7, 11) is 0. The number of ether oxygens (including phenoxy) is 1. The van der Waals surface area contributed by atoms with Gasteiger partial charge in [-0.25, -0.2) is 4.68 Å². The molecule has 3 aromatic rings. The molecule has 0 fully saturated rings. The molecule has 0 radical (unpaired) electrons. The summed E-state index contributed by atoms with van der Waals surface area (Å²) in [6.45, 7) is 6.36. The molecule has 2 aromatic carbocycles. The van der Waals surface area contributed by atoms with E-state index in [1.807, 2.05) is 45.0 Å². The van der Waals surface area contributed by atoms with Gasteiger partial charge < -0.3 is 10.1 Å². The van der Waals surface area contributed by atoms with Crippen molar-refractivity contribution >= 4 is 17.5 Å². The number of ketones is 1. The molecule has 1 aliphatic heterocycles. The highest BCUT2D eigenvalue weighted by atomic mass is 16.5. The number of carbonyl (C=O) groups excluding carboxylic acids is 2. The van der Waals surface area contributed by atoms with Crippen LogP contribution in [0.4, 0.5) is 5.82 Å². The van der Waals surface area contributed by atoms with Crippen molar-refractivity contribution in [1.82, 2.24) is 9.78 Å². The third-order valence-electron chi connectivity index (χ3n) is 5.12. The summed E-state index contributed by atoms with van der Waals surface area (Å²) in [6, 6.07) is 14.9. The lowest BCUT2D eigenvalue weighted by Gasteiger charge is -2.23. The summed E-state index contributed by atoms with van der Waals surface area (Å²) < 4.78 is 7.17. The van der Waals surface area contributed by atoms with Crippen LogP contribution in [0.15, 0.2) is 48.5 Å². The number of rotatable bonds is 5. The van der Waals surface area contributed by atoms with Crippen molar-refractivity contribution in [3.05, 3.63) is 70.9 Å². The standard InChI is InChI=1S/C23H23N3O3/c1-4-29-18-10-8-16(9-11-18)22(28)19-13-20(27)24-23-21(19)15(3)25-26(23)17-7-5-6-14(2)12-17/h5-12,19H,4,13H2,1-3H3,(H,24,27). The maximum Gasteiger partial charge on any atom is 0.226 e. The number of benzene rings is 2. The van der Waals surface area contributed by atoms with E-state index in [-0.39, 0.29) is 18.1 Å². The number of carbonyl (C=O) groups is 2.